The van der Waals surface area contributed by atoms with Crippen LogP contribution in [0.15, 0.2) is 12.4 Å². The van der Waals surface area contributed by atoms with Crippen molar-refractivity contribution in [1.82, 2.24) is 15.1 Å². The summed E-state index contributed by atoms with van der Waals surface area (Å²) >= 11 is 0. The highest BCUT2D eigenvalue weighted by molar-refractivity contribution is 5.13. The van der Waals surface area contributed by atoms with Gasteiger partial charge in [0.05, 0.1) is 6.20 Å². The molecule has 0 amide bonds. The van der Waals surface area contributed by atoms with Gasteiger partial charge in [-0.3, -0.25) is 4.68 Å². The van der Waals surface area contributed by atoms with Crippen molar-refractivity contribution in [3.05, 3.63) is 18.0 Å². The van der Waals surface area contributed by atoms with Crippen molar-refractivity contribution in [2.24, 2.45) is 13.0 Å². The maximum atomic E-state index is 4.32. The van der Waals surface area contributed by atoms with Crippen molar-refractivity contribution in [3.63, 3.8) is 0 Å². The zero-order valence-corrected chi connectivity index (χ0v) is 11.2. The van der Waals surface area contributed by atoms with Crippen molar-refractivity contribution >= 4 is 0 Å². The SMILES string of the molecule is CCCNCC1CCCCC1c1cnn(C)c1. The molecule has 1 N–H and O–H groups in total. The summed E-state index contributed by atoms with van der Waals surface area (Å²) in [5.41, 5.74) is 1.44. The smallest absolute Gasteiger partial charge is 0.0524 e. The maximum Gasteiger partial charge on any atom is 0.0524 e. The van der Waals surface area contributed by atoms with Crippen molar-refractivity contribution in [2.45, 2.75) is 44.9 Å². The number of nitrogens with one attached hydrogen (secondary N) is 1. The lowest BCUT2D eigenvalue weighted by Crippen LogP contribution is -2.29. The molecule has 1 heterocycles. The van der Waals surface area contributed by atoms with Crippen molar-refractivity contribution in [3.8, 4) is 0 Å². The molecule has 1 aromatic heterocycles. The van der Waals surface area contributed by atoms with Crippen LogP contribution in [0.3, 0.4) is 0 Å². The fourth-order valence-electron chi connectivity index (χ4n) is 2.99. The van der Waals surface area contributed by atoms with Crippen molar-refractivity contribution in [2.75, 3.05) is 13.1 Å². The molecule has 3 nitrogen and oxygen atoms in total. The lowest BCUT2D eigenvalue weighted by atomic mass is 9.76. The van der Waals surface area contributed by atoms with Gasteiger partial charge in [-0.25, -0.2) is 0 Å². The standard InChI is InChI=1S/C14H25N3/c1-3-8-15-9-12-6-4-5-7-14(12)13-10-16-17(2)11-13/h10-12,14-15H,3-9H2,1-2H3. The second-order valence-corrected chi connectivity index (χ2v) is 5.30. The first-order valence-corrected chi connectivity index (χ1v) is 7.00. The molecule has 2 rings (SSSR count). The largest absolute Gasteiger partial charge is 0.316 e. The second kappa shape index (κ2) is 6.20. The molecule has 1 fully saturated rings. The minimum absolute atomic E-state index is 0.724. The molecule has 96 valence electrons. The van der Waals surface area contributed by atoms with E-state index in [1.807, 2.05) is 11.7 Å². The highest BCUT2D eigenvalue weighted by Crippen LogP contribution is 2.37. The summed E-state index contributed by atoms with van der Waals surface area (Å²) in [6, 6.07) is 0. The summed E-state index contributed by atoms with van der Waals surface area (Å²) in [5.74, 6) is 1.53. The average Bonchev–Trinajstić information content (AvgIpc) is 2.77. The minimum atomic E-state index is 0.724. The summed E-state index contributed by atoms with van der Waals surface area (Å²) in [5, 5.41) is 7.90. The fourth-order valence-corrected chi connectivity index (χ4v) is 2.99. The molecule has 0 radical (unpaired) electrons. The van der Waals surface area contributed by atoms with Crippen LogP contribution in [0, 0.1) is 5.92 Å². The van der Waals surface area contributed by atoms with E-state index in [-0.39, 0.29) is 0 Å². The molecule has 1 aliphatic rings. The Labute approximate surface area is 105 Å². The summed E-state index contributed by atoms with van der Waals surface area (Å²) in [6.45, 7) is 4.55. The number of aryl methyl sites for hydroxylation is 1. The van der Waals surface area contributed by atoms with Crippen molar-refractivity contribution in [1.29, 1.82) is 0 Å². The molecule has 1 aliphatic carbocycles. The van der Waals surface area contributed by atoms with Crippen LogP contribution in [0.2, 0.25) is 0 Å². The third kappa shape index (κ3) is 3.32. The molecule has 0 saturated heterocycles. The van der Waals surface area contributed by atoms with E-state index in [0.29, 0.717) is 0 Å². The van der Waals surface area contributed by atoms with Gasteiger partial charge in [0.2, 0.25) is 0 Å². The molecule has 0 aromatic carbocycles. The lowest BCUT2D eigenvalue weighted by Gasteiger charge is -2.31. The number of hydrogen-bond donors (Lipinski definition) is 1. The molecule has 0 spiro atoms. The summed E-state index contributed by atoms with van der Waals surface area (Å²) in [7, 11) is 2.01. The van der Waals surface area contributed by atoms with Crippen LogP contribution in [0.5, 0.6) is 0 Å². The monoisotopic (exact) mass is 235 g/mol. The minimum Gasteiger partial charge on any atom is -0.316 e. The summed E-state index contributed by atoms with van der Waals surface area (Å²) in [4.78, 5) is 0. The molecule has 1 aromatic rings. The van der Waals surface area contributed by atoms with Crippen LogP contribution in [-0.2, 0) is 7.05 Å². The first-order valence-electron chi connectivity index (χ1n) is 7.00. The Morgan fingerprint density at radius 3 is 2.94 bits per heavy atom. The quantitative estimate of drug-likeness (QED) is 0.795. The van der Waals surface area contributed by atoms with Crippen LogP contribution >= 0.6 is 0 Å². The number of rotatable bonds is 5. The normalized spacial score (nSPS) is 25.1. The van der Waals surface area contributed by atoms with E-state index in [2.05, 4.69) is 29.7 Å². The zero-order chi connectivity index (χ0) is 12.1. The van der Waals surface area contributed by atoms with Gasteiger partial charge in [-0.15, -0.1) is 0 Å². The number of aromatic nitrogens is 2. The molecule has 1 saturated carbocycles. The van der Waals surface area contributed by atoms with Crippen LogP contribution < -0.4 is 5.32 Å². The average molecular weight is 235 g/mol. The zero-order valence-electron chi connectivity index (χ0n) is 11.2. The van der Waals surface area contributed by atoms with Gasteiger partial charge in [0, 0.05) is 13.2 Å². The third-order valence-corrected chi connectivity index (χ3v) is 3.90. The van der Waals surface area contributed by atoms with Gasteiger partial charge in [-0.1, -0.05) is 19.8 Å². The van der Waals surface area contributed by atoms with Gasteiger partial charge in [0.1, 0.15) is 0 Å². The highest BCUT2D eigenvalue weighted by Gasteiger charge is 2.26. The summed E-state index contributed by atoms with van der Waals surface area (Å²) in [6.07, 6.45) is 11.0. The second-order valence-electron chi connectivity index (χ2n) is 5.30. The van der Waals surface area contributed by atoms with E-state index >= 15 is 0 Å². The first kappa shape index (κ1) is 12.6. The molecular weight excluding hydrogens is 210 g/mol. The van der Waals surface area contributed by atoms with E-state index in [9.17, 15) is 0 Å². The van der Waals surface area contributed by atoms with Crippen molar-refractivity contribution < 1.29 is 0 Å². The van der Waals surface area contributed by atoms with Gasteiger partial charge in [-0.05, 0) is 49.8 Å². The van der Waals surface area contributed by atoms with E-state index in [0.717, 1.165) is 18.4 Å². The van der Waals surface area contributed by atoms with E-state index in [4.69, 9.17) is 0 Å². The fraction of sp³-hybridized carbons (Fsp3) is 0.786. The molecular formula is C14H25N3. The van der Waals surface area contributed by atoms with Crippen LogP contribution in [0.1, 0.15) is 50.5 Å². The first-order chi connectivity index (χ1) is 8.31. The van der Waals surface area contributed by atoms with E-state index in [1.165, 1.54) is 44.2 Å². The van der Waals surface area contributed by atoms with Crippen LogP contribution in [-0.4, -0.2) is 22.9 Å². The van der Waals surface area contributed by atoms with Gasteiger partial charge >= 0.3 is 0 Å². The number of nitrogens with zero attached hydrogens (tertiary/aromatic N) is 2. The molecule has 17 heavy (non-hydrogen) atoms. The molecule has 0 aliphatic heterocycles. The Bertz CT molecular complexity index is 332. The topological polar surface area (TPSA) is 29.9 Å². The van der Waals surface area contributed by atoms with E-state index in [1.54, 1.807) is 0 Å². The van der Waals surface area contributed by atoms with Gasteiger partial charge in [0.15, 0.2) is 0 Å². The third-order valence-electron chi connectivity index (χ3n) is 3.90. The van der Waals surface area contributed by atoms with Gasteiger partial charge in [0.25, 0.3) is 0 Å². The summed E-state index contributed by atoms with van der Waals surface area (Å²) < 4.78 is 1.93. The Kier molecular flexibility index (Phi) is 4.60. The van der Waals surface area contributed by atoms with E-state index < -0.39 is 0 Å². The van der Waals surface area contributed by atoms with Crippen LogP contribution in [0.25, 0.3) is 0 Å². The Balaban J connectivity index is 1.96. The highest BCUT2D eigenvalue weighted by atomic mass is 15.2. The Morgan fingerprint density at radius 2 is 2.24 bits per heavy atom. The maximum absolute atomic E-state index is 4.32. The Morgan fingerprint density at radius 1 is 1.41 bits per heavy atom. The molecule has 3 heteroatoms. The number of hydrogen-bond acceptors (Lipinski definition) is 2. The Hall–Kier alpha value is -0.830. The molecule has 0 bridgehead atoms. The predicted octanol–water partition coefficient (Wildman–Crippen LogP) is 2.69. The molecule has 2 atom stereocenters. The van der Waals surface area contributed by atoms with Gasteiger partial charge in [-0.2, -0.15) is 5.10 Å². The van der Waals surface area contributed by atoms with Crippen LogP contribution in [0.4, 0.5) is 0 Å². The predicted molar refractivity (Wildman–Crippen MR) is 71.1 cm³/mol. The van der Waals surface area contributed by atoms with Gasteiger partial charge < -0.3 is 5.32 Å². The lowest BCUT2D eigenvalue weighted by molar-refractivity contribution is 0.296. The molecule has 2 unspecified atom stereocenters.